The maximum Gasteiger partial charge on any atom is 0.115 e. The summed E-state index contributed by atoms with van der Waals surface area (Å²) in [4.78, 5) is 4.46. The number of aliphatic imine (C=N–C) groups is 1. The van der Waals surface area contributed by atoms with Crippen LogP contribution in [0.25, 0.3) is 0 Å². The third-order valence-corrected chi connectivity index (χ3v) is 3.15. The number of nitrogens with two attached hydrogens (primary N) is 1. The van der Waals surface area contributed by atoms with Gasteiger partial charge in [-0.05, 0) is 30.5 Å². The molecule has 5 heteroatoms. The number of hydrogen-bond acceptors (Lipinski definition) is 2. The molecule has 1 aliphatic rings. The first-order valence-corrected chi connectivity index (χ1v) is 5.92. The van der Waals surface area contributed by atoms with Crippen LogP contribution in [0.1, 0.15) is 18.4 Å². The summed E-state index contributed by atoms with van der Waals surface area (Å²) in [6, 6.07) is 6.00. The molecule has 0 atom stereocenters. The molecule has 1 fully saturated rings. The predicted octanol–water partition coefficient (Wildman–Crippen LogP) is 2.56. The highest BCUT2D eigenvalue weighted by molar-refractivity contribution is 6.42. The van der Waals surface area contributed by atoms with Crippen LogP contribution < -0.4 is 11.3 Å². The van der Waals surface area contributed by atoms with E-state index < -0.39 is 0 Å². The molecular formula is C11H13Cl2N3. The molecule has 2 rings (SSSR count). The average Bonchev–Trinajstić information content (AvgIpc) is 3.06. The summed E-state index contributed by atoms with van der Waals surface area (Å²) in [5.41, 5.74) is 3.68. The average molecular weight is 258 g/mol. The van der Waals surface area contributed by atoms with E-state index in [1.54, 1.807) is 6.07 Å². The fourth-order valence-electron chi connectivity index (χ4n) is 1.40. The molecule has 0 spiro atoms. The number of nitrogens with zero attached hydrogens (tertiary/aromatic N) is 1. The van der Waals surface area contributed by atoms with Gasteiger partial charge in [0.1, 0.15) is 5.84 Å². The Hall–Kier alpha value is -0.770. The molecule has 16 heavy (non-hydrogen) atoms. The molecule has 0 radical (unpaired) electrons. The zero-order valence-corrected chi connectivity index (χ0v) is 10.2. The third-order valence-electron chi connectivity index (χ3n) is 2.41. The van der Waals surface area contributed by atoms with Crippen molar-refractivity contribution in [2.75, 3.05) is 0 Å². The van der Waals surface area contributed by atoms with Gasteiger partial charge in [-0.1, -0.05) is 29.3 Å². The number of hydrogen-bond donors (Lipinski definition) is 2. The summed E-state index contributed by atoms with van der Waals surface area (Å²) in [5, 5.41) is 1.12. The monoisotopic (exact) mass is 257 g/mol. The molecule has 0 bridgehead atoms. The van der Waals surface area contributed by atoms with Crippen LogP contribution in [0.2, 0.25) is 10.0 Å². The lowest BCUT2D eigenvalue weighted by atomic mass is 10.1. The molecular weight excluding hydrogens is 245 g/mol. The Morgan fingerprint density at radius 2 is 2.12 bits per heavy atom. The molecule has 0 saturated heterocycles. The minimum atomic E-state index is 0.453. The van der Waals surface area contributed by atoms with Crippen LogP contribution in [0.15, 0.2) is 23.2 Å². The Morgan fingerprint density at radius 3 is 2.69 bits per heavy atom. The van der Waals surface area contributed by atoms with E-state index in [2.05, 4.69) is 10.4 Å². The number of benzene rings is 1. The topological polar surface area (TPSA) is 50.4 Å². The quantitative estimate of drug-likeness (QED) is 0.379. The van der Waals surface area contributed by atoms with Gasteiger partial charge in [-0.2, -0.15) is 0 Å². The van der Waals surface area contributed by atoms with E-state index in [1.165, 1.54) is 0 Å². The second kappa shape index (κ2) is 5.04. The van der Waals surface area contributed by atoms with Gasteiger partial charge in [0.2, 0.25) is 0 Å². The van der Waals surface area contributed by atoms with Crippen molar-refractivity contribution in [1.82, 2.24) is 5.43 Å². The predicted molar refractivity (Wildman–Crippen MR) is 67.9 cm³/mol. The van der Waals surface area contributed by atoms with Crippen molar-refractivity contribution in [3.8, 4) is 0 Å². The molecule has 1 saturated carbocycles. The van der Waals surface area contributed by atoms with Gasteiger partial charge in [0.05, 0.1) is 16.1 Å². The molecule has 0 aromatic heterocycles. The molecule has 1 aliphatic carbocycles. The van der Waals surface area contributed by atoms with Gasteiger partial charge in [0.15, 0.2) is 0 Å². The van der Waals surface area contributed by atoms with Gasteiger partial charge in [-0.25, -0.2) is 5.84 Å². The van der Waals surface area contributed by atoms with Crippen molar-refractivity contribution in [3.63, 3.8) is 0 Å². The number of nitrogens with one attached hydrogen (secondary N) is 1. The number of halogens is 2. The Bertz CT molecular complexity index is 414. The summed E-state index contributed by atoms with van der Waals surface area (Å²) >= 11 is 11.8. The van der Waals surface area contributed by atoms with Crippen LogP contribution in [0.4, 0.5) is 0 Å². The van der Waals surface area contributed by atoms with Gasteiger partial charge >= 0.3 is 0 Å². The maximum atomic E-state index is 5.94. The summed E-state index contributed by atoms with van der Waals surface area (Å²) < 4.78 is 0. The third kappa shape index (κ3) is 3.11. The smallest absolute Gasteiger partial charge is 0.115 e. The van der Waals surface area contributed by atoms with E-state index in [9.17, 15) is 0 Å². The first kappa shape index (κ1) is 11.7. The normalized spacial score (nSPS) is 16.3. The SMILES string of the molecule is NNC(Cc1ccc(Cl)c(Cl)c1)=NC1CC1. The zero-order valence-electron chi connectivity index (χ0n) is 8.71. The number of rotatable bonds is 3. The first-order valence-electron chi connectivity index (χ1n) is 5.16. The van der Waals surface area contributed by atoms with Crippen molar-refractivity contribution in [3.05, 3.63) is 33.8 Å². The summed E-state index contributed by atoms with van der Waals surface area (Å²) in [6.07, 6.45) is 2.98. The minimum absolute atomic E-state index is 0.453. The lowest BCUT2D eigenvalue weighted by molar-refractivity contribution is 0.940. The first-order chi connectivity index (χ1) is 7.69. The lowest BCUT2D eigenvalue weighted by Crippen LogP contribution is -2.32. The molecule has 0 amide bonds. The van der Waals surface area contributed by atoms with Gasteiger partial charge in [-0.15, -0.1) is 0 Å². The zero-order chi connectivity index (χ0) is 11.5. The van der Waals surface area contributed by atoms with Gasteiger partial charge in [-0.3, -0.25) is 4.99 Å². The van der Waals surface area contributed by atoms with E-state index in [4.69, 9.17) is 29.0 Å². The standard InChI is InChI=1S/C11H13Cl2N3/c12-9-4-1-7(5-10(9)13)6-11(16-14)15-8-2-3-8/h1,4-5,8H,2-3,6,14H2,(H,15,16). The van der Waals surface area contributed by atoms with E-state index in [1.807, 2.05) is 12.1 Å². The van der Waals surface area contributed by atoms with Gasteiger partial charge in [0, 0.05) is 6.42 Å². The van der Waals surface area contributed by atoms with E-state index in [0.29, 0.717) is 22.5 Å². The highest BCUT2D eigenvalue weighted by Crippen LogP contribution is 2.25. The second-order valence-electron chi connectivity index (χ2n) is 3.88. The van der Waals surface area contributed by atoms with Crippen molar-refractivity contribution in [1.29, 1.82) is 0 Å². The molecule has 0 heterocycles. The van der Waals surface area contributed by atoms with Crippen LogP contribution >= 0.6 is 23.2 Å². The van der Waals surface area contributed by atoms with E-state index in [0.717, 1.165) is 24.2 Å². The van der Waals surface area contributed by atoms with Crippen molar-refractivity contribution < 1.29 is 0 Å². The summed E-state index contributed by atoms with van der Waals surface area (Å²) in [5.74, 6) is 6.22. The number of hydrazine groups is 1. The maximum absolute atomic E-state index is 5.94. The highest BCUT2D eigenvalue weighted by Gasteiger charge is 2.20. The van der Waals surface area contributed by atoms with Crippen molar-refractivity contribution >= 4 is 29.0 Å². The second-order valence-corrected chi connectivity index (χ2v) is 4.69. The molecule has 86 valence electrons. The molecule has 1 aromatic rings. The fraction of sp³-hybridized carbons (Fsp3) is 0.364. The molecule has 0 unspecified atom stereocenters. The van der Waals surface area contributed by atoms with Gasteiger partial charge < -0.3 is 5.43 Å². The Kier molecular flexibility index (Phi) is 3.69. The Labute approximate surface area is 105 Å². The molecule has 1 aromatic carbocycles. The van der Waals surface area contributed by atoms with E-state index in [-0.39, 0.29) is 0 Å². The van der Waals surface area contributed by atoms with Crippen molar-refractivity contribution in [2.24, 2.45) is 10.8 Å². The number of amidine groups is 1. The molecule has 0 aliphatic heterocycles. The Morgan fingerprint density at radius 1 is 1.38 bits per heavy atom. The Balaban J connectivity index is 2.09. The van der Waals surface area contributed by atoms with Crippen LogP contribution in [-0.2, 0) is 6.42 Å². The van der Waals surface area contributed by atoms with Crippen LogP contribution in [0.3, 0.4) is 0 Å². The van der Waals surface area contributed by atoms with Crippen LogP contribution in [0.5, 0.6) is 0 Å². The molecule has 3 nitrogen and oxygen atoms in total. The van der Waals surface area contributed by atoms with Crippen LogP contribution in [-0.4, -0.2) is 11.9 Å². The summed E-state index contributed by atoms with van der Waals surface area (Å²) in [7, 11) is 0. The lowest BCUT2D eigenvalue weighted by Gasteiger charge is -2.06. The van der Waals surface area contributed by atoms with Crippen molar-refractivity contribution in [2.45, 2.75) is 25.3 Å². The molecule has 3 N–H and O–H groups in total. The van der Waals surface area contributed by atoms with Crippen LogP contribution in [0, 0.1) is 0 Å². The van der Waals surface area contributed by atoms with E-state index >= 15 is 0 Å². The summed E-state index contributed by atoms with van der Waals surface area (Å²) in [6.45, 7) is 0. The minimum Gasteiger partial charge on any atom is -0.312 e. The largest absolute Gasteiger partial charge is 0.312 e. The highest BCUT2D eigenvalue weighted by atomic mass is 35.5. The van der Waals surface area contributed by atoms with Gasteiger partial charge in [0.25, 0.3) is 0 Å². The fourth-order valence-corrected chi connectivity index (χ4v) is 1.72.